The zero-order valence-electron chi connectivity index (χ0n) is 15.7. The summed E-state index contributed by atoms with van der Waals surface area (Å²) in [6.07, 6.45) is 0.579. The molecule has 1 aliphatic rings. The van der Waals surface area contributed by atoms with Crippen LogP contribution < -0.4 is 4.72 Å². The maximum atomic E-state index is 12.8. The van der Waals surface area contributed by atoms with Crippen LogP contribution >= 0.6 is 0 Å². The molecule has 0 amide bonds. The van der Waals surface area contributed by atoms with E-state index in [0.717, 1.165) is 5.56 Å². The van der Waals surface area contributed by atoms with E-state index in [9.17, 15) is 13.2 Å². The molecule has 0 aromatic heterocycles. The maximum Gasteiger partial charge on any atom is 0.306 e. The molecule has 0 unspecified atom stereocenters. The highest BCUT2D eigenvalue weighted by Gasteiger charge is 2.42. The number of carbonyl (C=O) groups is 1. The van der Waals surface area contributed by atoms with Gasteiger partial charge < -0.3 is 4.74 Å². The number of rotatable bonds is 5. The first kappa shape index (κ1) is 19.9. The van der Waals surface area contributed by atoms with E-state index < -0.39 is 26.9 Å². The fourth-order valence-electron chi connectivity index (χ4n) is 3.10. The van der Waals surface area contributed by atoms with Gasteiger partial charge in [0.1, 0.15) is 6.10 Å². The van der Waals surface area contributed by atoms with Crippen LogP contribution in [-0.2, 0) is 19.6 Å². The van der Waals surface area contributed by atoms with E-state index >= 15 is 0 Å². The second-order valence-corrected chi connectivity index (χ2v) is 10.5. The van der Waals surface area contributed by atoms with Gasteiger partial charge in [-0.2, -0.15) is 0 Å². The van der Waals surface area contributed by atoms with Crippen molar-refractivity contribution in [1.82, 2.24) is 4.72 Å². The second kappa shape index (κ2) is 7.46. The van der Waals surface area contributed by atoms with Crippen LogP contribution in [0.15, 0.2) is 30.3 Å². The highest BCUT2D eigenvalue weighted by molar-refractivity contribution is 7.90. The third-order valence-corrected chi connectivity index (χ3v) is 6.98. The molecule has 0 saturated carbocycles. The summed E-state index contributed by atoms with van der Waals surface area (Å²) in [7, 11) is -3.60. The standard InChI is InChI=1S/C19H29NO4S/c1-13(2)15-11-12-16(21)24-18(15)17(14-9-7-6-8-10-14)20-25(22,23)19(3,4)5/h6-10,13,15,17-18,20H,11-12H2,1-5H3/t15-,17+,18+/m0/s1. The summed E-state index contributed by atoms with van der Waals surface area (Å²) >= 11 is 0. The Balaban J connectivity index is 2.45. The first-order valence-electron chi connectivity index (χ1n) is 8.79. The number of hydrogen-bond donors (Lipinski definition) is 1. The molecular formula is C19H29NO4S. The van der Waals surface area contributed by atoms with Crippen LogP contribution in [0.25, 0.3) is 0 Å². The van der Waals surface area contributed by atoms with Crippen molar-refractivity contribution in [3.63, 3.8) is 0 Å². The molecule has 2 rings (SSSR count). The van der Waals surface area contributed by atoms with Gasteiger partial charge >= 0.3 is 5.97 Å². The Labute approximate surface area is 151 Å². The Morgan fingerprint density at radius 1 is 1.16 bits per heavy atom. The molecule has 0 bridgehead atoms. The first-order valence-corrected chi connectivity index (χ1v) is 10.3. The predicted octanol–water partition coefficient (Wildman–Crippen LogP) is 3.42. The van der Waals surface area contributed by atoms with E-state index in [1.165, 1.54) is 0 Å². The summed E-state index contributed by atoms with van der Waals surface area (Å²) in [5.41, 5.74) is 0.806. The molecule has 25 heavy (non-hydrogen) atoms. The number of sulfonamides is 1. The average molecular weight is 368 g/mol. The summed E-state index contributed by atoms with van der Waals surface area (Å²) in [6, 6.07) is 8.75. The Kier molecular flexibility index (Phi) is 5.94. The highest BCUT2D eigenvalue weighted by Crippen LogP contribution is 2.36. The van der Waals surface area contributed by atoms with Gasteiger partial charge in [-0.05, 0) is 38.7 Å². The first-order chi connectivity index (χ1) is 11.5. The molecular weight excluding hydrogens is 338 g/mol. The molecule has 0 radical (unpaired) electrons. The van der Waals surface area contributed by atoms with Crippen molar-refractivity contribution < 1.29 is 17.9 Å². The molecule has 1 fully saturated rings. The summed E-state index contributed by atoms with van der Waals surface area (Å²) in [6.45, 7) is 9.13. The van der Waals surface area contributed by atoms with Crippen molar-refractivity contribution in [2.45, 2.75) is 64.4 Å². The smallest absolute Gasteiger partial charge is 0.306 e. The number of esters is 1. The van der Waals surface area contributed by atoms with Gasteiger partial charge in [-0.15, -0.1) is 0 Å². The fourth-order valence-corrected chi connectivity index (χ4v) is 4.06. The van der Waals surface area contributed by atoms with Gasteiger partial charge in [0, 0.05) is 12.3 Å². The SMILES string of the molecule is CC(C)[C@@H]1CCC(=O)O[C@H]1[C@H](NS(=O)(=O)C(C)(C)C)c1ccccc1. The molecule has 1 heterocycles. The number of carbonyl (C=O) groups excluding carboxylic acids is 1. The topological polar surface area (TPSA) is 72.5 Å². The van der Waals surface area contributed by atoms with Crippen molar-refractivity contribution in [2.75, 3.05) is 0 Å². The molecule has 1 N–H and O–H groups in total. The third kappa shape index (κ3) is 4.61. The van der Waals surface area contributed by atoms with Crippen LogP contribution in [0.5, 0.6) is 0 Å². The minimum absolute atomic E-state index is 0.102. The number of benzene rings is 1. The van der Waals surface area contributed by atoms with E-state index in [0.29, 0.717) is 12.8 Å². The van der Waals surface area contributed by atoms with Gasteiger partial charge in [0.05, 0.1) is 10.8 Å². The molecule has 0 aliphatic carbocycles. The lowest BCUT2D eigenvalue weighted by atomic mass is 9.80. The number of hydrogen-bond acceptors (Lipinski definition) is 4. The molecule has 0 spiro atoms. The molecule has 1 saturated heterocycles. The second-order valence-electron chi connectivity index (χ2n) is 8.02. The Hall–Kier alpha value is -1.40. The Morgan fingerprint density at radius 3 is 2.28 bits per heavy atom. The molecule has 140 valence electrons. The van der Waals surface area contributed by atoms with Crippen LogP contribution in [0.2, 0.25) is 0 Å². The summed E-state index contributed by atoms with van der Waals surface area (Å²) in [5.74, 6) is 0.117. The average Bonchev–Trinajstić information content (AvgIpc) is 2.52. The van der Waals surface area contributed by atoms with Gasteiger partial charge in [0.25, 0.3) is 0 Å². The lowest BCUT2D eigenvalue weighted by Gasteiger charge is -2.39. The van der Waals surface area contributed by atoms with E-state index in [1.807, 2.05) is 30.3 Å². The van der Waals surface area contributed by atoms with E-state index in [-0.39, 0.29) is 17.8 Å². The zero-order valence-corrected chi connectivity index (χ0v) is 16.5. The largest absolute Gasteiger partial charge is 0.460 e. The van der Waals surface area contributed by atoms with Crippen LogP contribution in [-0.4, -0.2) is 25.2 Å². The van der Waals surface area contributed by atoms with E-state index in [4.69, 9.17) is 4.74 Å². The summed E-state index contributed by atoms with van der Waals surface area (Å²) < 4.78 is 33.1. The predicted molar refractivity (Wildman–Crippen MR) is 98.4 cm³/mol. The Bertz CT molecular complexity index is 692. The monoisotopic (exact) mass is 367 g/mol. The van der Waals surface area contributed by atoms with Gasteiger partial charge in [-0.1, -0.05) is 44.2 Å². The molecule has 1 aromatic carbocycles. The van der Waals surface area contributed by atoms with E-state index in [1.54, 1.807) is 20.8 Å². The van der Waals surface area contributed by atoms with Crippen LogP contribution in [0.1, 0.15) is 59.1 Å². The van der Waals surface area contributed by atoms with Gasteiger partial charge in [-0.3, -0.25) is 4.79 Å². The van der Waals surface area contributed by atoms with E-state index in [2.05, 4.69) is 18.6 Å². The van der Waals surface area contributed by atoms with Crippen molar-refractivity contribution in [2.24, 2.45) is 11.8 Å². The number of cyclic esters (lactones) is 1. The van der Waals surface area contributed by atoms with Gasteiger partial charge in [-0.25, -0.2) is 13.1 Å². The Morgan fingerprint density at radius 2 is 1.76 bits per heavy atom. The molecule has 1 aliphatic heterocycles. The number of ether oxygens (including phenoxy) is 1. The zero-order chi connectivity index (χ0) is 18.8. The molecule has 5 nitrogen and oxygen atoms in total. The van der Waals surface area contributed by atoms with Crippen LogP contribution in [0.3, 0.4) is 0 Å². The van der Waals surface area contributed by atoms with Crippen molar-refractivity contribution in [3.8, 4) is 0 Å². The summed E-state index contributed by atoms with van der Waals surface area (Å²) in [5, 5.41) is 0. The van der Waals surface area contributed by atoms with Gasteiger partial charge in [0.15, 0.2) is 0 Å². The maximum absolute atomic E-state index is 12.8. The molecule has 3 atom stereocenters. The van der Waals surface area contributed by atoms with Crippen LogP contribution in [0.4, 0.5) is 0 Å². The molecule has 1 aromatic rings. The minimum Gasteiger partial charge on any atom is -0.460 e. The van der Waals surface area contributed by atoms with Crippen molar-refractivity contribution >= 4 is 16.0 Å². The third-order valence-electron chi connectivity index (χ3n) is 4.80. The lowest BCUT2D eigenvalue weighted by Crippen LogP contribution is -2.49. The summed E-state index contributed by atoms with van der Waals surface area (Å²) in [4.78, 5) is 11.9. The quantitative estimate of drug-likeness (QED) is 0.809. The minimum atomic E-state index is -3.60. The normalized spacial score (nSPS) is 23.4. The van der Waals surface area contributed by atoms with Crippen LogP contribution in [0, 0.1) is 11.8 Å². The van der Waals surface area contributed by atoms with Gasteiger partial charge in [0.2, 0.25) is 10.0 Å². The molecule has 6 heteroatoms. The fraction of sp³-hybridized carbons (Fsp3) is 0.632. The highest BCUT2D eigenvalue weighted by atomic mass is 32.2. The van der Waals surface area contributed by atoms with Crippen molar-refractivity contribution in [1.29, 1.82) is 0 Å². The van der Waals surface area contributed by atoms with Crippen molar-refractivity contribution in [3.05, 3.63) is 35.9 Å². The lowest BCUT2D eigenvalue weighted by molar-refractivity contribution is -0.162. The number of nitrogens with one attached hydrogen (secondary N) is 1.